The van der Waals surface area contributed by atoms with Crippen LogP contribution in [0.2, 0.25) is 0 Å². The largest absolute Gasteiger partial charge is 0.469 e. The molecule has 4 heteroatoms. The van der Waals surface area contributed by atoms with Gasteiger partial charge in [-0.1, -0.05) is 0 Å². The Morgan fingerprint density at radius 1 is 1.60 bits per heavy atom. The Morgan fingerprint density at radius 3 is 2.93 bits per heavy atom. The lowest BCUT2D eigenvalue weighted by Gasteiger charge is -2.15. The van der Waals surface area contributed by atoms with Crippen molar-refractivity contribution >= 4 is 5.97 Å². The van der Waals surface area contributed by atoms with Crippen LogP contribution in [-0.4, -0.2) is 38.9 Å². The van der Waals surface area contributed by atoms with E-state index in [1.807, 2.05) is 0 Å². The van der Waals surface area contributed by atoms with E-state index in [9.17, 15) is 4.79 Å². The van der Waals surface area contributed by atoms with Gasteiger partial charge >= 0.3 is 5.97 Å². The third-order valence-corrected chi connectivity index (χ3v) is 3.33. The van der Waals surface area contributed by atoms with Crippen molar-refractivity contribution in [2.45, 2.75) is 31.8 Å². The summed E-state index contributed by atoms with van der Waals surface area (Å²) in [6, 6.07) is 0. The van der Waals surface area contributed by atoms with E-state index >= 15 is 0 Å². The molecule has 4 nitrogen and oxygen atoms in total. The van der Waals surface area contributed by atoms with Crippen molar-refractivity contribution < 1.29 is 14.3 Å². The minimum Gasteiger partial charge on any atom is -0.469 e. The zero-order valence-corrected chi connectivity index (χ0v) is 9.25. The average molecular weight is 213 g/mol. The van der Waals surface area contributed by atoms with Crippen molar-refractivity contribution in [3.63, 3.8) is 0 Å². The second kappa shape index (κ2) is 4.49. The van der Waals surface area contributed by atoms with E-state index in [0.29, 0.717) is 6.10 Å². The molecule has 0 radical (unpaired) electrons. The summed E-state index contributed by atoms with van der Waals surface area (Å²) in [6.07, 6.45) is 4.56. The highest BCUT2D eigenvalue weighted by atomic mass is 16.5. The second-order valence-corrected chi connectivity index (χ2v) is 4.54. The molecule has 1 aliphatic carbocycles. The van der Waals surface area contributed by atoms with E-state index < -0.39 is 0 Å². The van der Waals surface area contributed by atoms with Gasteiger partial charge in [0.25, 0.3) is 0 Å². The summed E-state index contributed by atoms with van der Waals surface area (Å²) in [4.78, 5) is 11.4. The fourth-order valence-electron chi connectivity index (χ4n) is 2.10. The predicted molar refractivity (Wildman–Crippen MR) is 55.5 cm³/mol. The van der Waals surface area contributed by atoms with Crippen LogP contribution in [0.4, 0.5) is 0 Å². The number of nitrogens with one attached hydrogen (secondary N) is 1. The molecule has 0 spiro atoms. The summed E-state index contributed by atoms with van der Waals surface area (Å²) < 4.78 is 10.3. The van der Waals surface area contributed by atoms with Gasteiger partial charge in [0.1, 0.15) is 0 Å². The van der Waals surface area contributed by atoms with Gasteiger partial charge in [0.15, 0.2) is 0 Å². The molecule has 0 aromatic rings. The Kier molecular flexibility index (Phi) is 3.26. The van der Waals surface area contributed by atoms with Crippen molar-refractivity contribution in [1.82, 2.24) is 5.32 Å². The van der Waals surface area contributed by atoms with E-state index in [1.54, 1.807) is 0 Å². The fraction of sp³-hybridized carbons (Fsp3) is 0.909. The summed E-state index contributed by atoms with van der Waals surface area (Å²) in [5.74, 6) is -0.0673. The van der Waals surface area contributed by atoms with Gasteiger partial charge in [-0.25, -0.2) is 0 Å². The standard InChI is InChI=1S/C11H19NO3/c1-14-10(13)11(4-5-11)8-12-7-9-3-2-6-15-9/h9,12H,2-8H2,1H3. The lowest BCUT2D eigenvalue weighted by atomic mass is 10.1. The van der Waals surface area contributed by atoms with Crippen molar-refractivity contribution in [3.05, 3.63) is 0 Å². The van der Waals surface area contributed by atoms with Crippen LogP contribution < -0.4 is 5.32 Å². The molecule has 1 atom stereocenters. The predicted octanol–water partition coefficient (Wildman–Crippen LogP) is 0.708. The van der Waals surface area contributed by atoms with Gasteiger partial charge in [-0.15, -0.1) is 0 Å². The number of hydrogen-bond acceptors (Lipinski definition) is 4. The monoisotopic (exact) mass is 213 g/mol. The molecule has 0 amide bonds. The van der Waals surface area contributed by atoms with Gasteiger partial charge in [0.05, 0.1) is 18.6 Å². The molecule has 1 aliphatic heterocycles. The first-order valence-electron chi connectivity index (χ1n) is 5.68. The Hall–Kier alpha value is -0.610. The summed E-state index contributed by atoms with van der Waals surface area (Å²) >= 11 is 0. The molecule has 15 heavy (non-hydrogen) atoms. The summed E-state index contributed by atoms with van der Waals surface area (Å²) in [6.45, 7) is 2.48. The quantitative estimate of drug-likeness (QED) is 0.683. The summed E-state index contributed by atoms with van der Waals surface area (Å²) in [5, 5.41) is 3.32. The maximum absolute atomic E-state index is 11.4. The number of ether oxygens (including phenoxy) is 2. The van der Waals surface area contributed by atoms with Crippen molar-refractivity contribution in [1.29, 1.82) is 0 Å². The SMILES string of the molecule is COC(=O)C1(CNCC2CCCO2)CC1. The van der Waals surface area contributed by atoms with Crippen LogP contribution in [-0.2, 0) is 14.3 Å². The Morgan fingerprint density at radius 2 is 2.40 bits per heavy atom. The molecule has 1 heterocycles. The van der Waals surface area contributed by atoms with Gasteiger partial charge in [0, 0.05) is 19.7 Å². The van der Waals surface area contributed by atoms with E-state index in [4.69, 9.17) is 9.47 Å². The van der Waals surface area contributed by atoms with E-state index in [0.717, 1.165) is 45.4 Å². The molecular weight excluding hydrogens is 194 g/mol. The second-order valence-electron chi connectivity index (χ2n) is 4.54. The van der Waals surface area contributed by atoms with Gasteiger partial charge in [-0.05, 0) is 25.7 Å². The highest BCUT2D eigenvalue weighted by Gasteiger charge is 2.50. The number of rotatable bonds is 5. The van der Waals surface area contributed by atoms with E-state index in [1.165, 1.54) is 7.11 Å². The van der Waals surface area contributed by atoms with Gasteiger partial charge in [0.2, 0.25) is 0 Å². The molecule has 1 N–H and O–H groups in total. The molecule has 86 valence electrons. The maximum atomic E-state index is 11.4. The van der Waals surface area contributed by atoms with Crippen LogP contribution in [0.15, 0.2) is 0 Å². The van der Waals surface area contributed by atoms with Crippen LogP contribution in [0, 0.1) is 5.41 Å². The van der Waals surface area contributed by atoms with Crippen LogP contribution in [0.5, 0.6) is 0 Å². The summed E-state index contributed by atoms with van der Waals surface area (Å²) in [7, 11) is 1.46. The molecule has 1 saturated heterocycles. The summed E-state index contributed by atoms with van der Waals surface area (Å²) in [5.41, 5.74) is -0.215. The Labute approximate surface area is 90.3 Å². The van der Waals surface area contributed by atoms with Crippen LogP contribution in [0.3, 0.4) is 0 Å². The molecule has 2 rings (SSSR count). The molecule has 2 aliphatic rings. The molecule has 2 fully saturated rings. The molecule has 0 bridgehead atoms. The van der Waals surface area contributed by atoms with E-state index in [2.05, 4.69) is 5.32 Å². The van der Waals surface area contributed by atoms with Gasteiger partial charge in [-0.2, -0.15) is 0 Å². The smallest absolute Gasteiger partial charge is 0.313 e. The van der Waals surface area contributed by atoms with Gasteiger partial charge < -0.3 is 14.8 Å². The zero-order chi connectivity index (χ0) is 10.7. The van der Waals surface area contributed by atoms with E-state index in [-0.39, 0.29) is 11.4 Å². The molecule has 0 aromatic heterocycles. The zero-order valence-electron chi connectivity index (χ0n) is 9.25. The van der Waals surface area contributed by atoms with Crippen LogP contribution in [0.25, 0.3) is 0 Å². The lowest BCUT2D eigenvalue weighted by Crippen LogP contribution is -2.35. The van der Waals surface area contributed by atoms with Crippen molar-refractivity contribution in [2.24, 2.45) is 5.41 Å². The molecule has 0 aromatic carbocycles. The first-order valence-corrected chi connectivity index (χ1v) is 5.68. The maximum Gasteiger partial charge on any atom is 0.313 e. The molecular formula is C11H19NO3. The topological polar surface area (TPSA) is 47.6 Å². The number of carbonyl (C=O) groups excluding carboxylic acids is 1. The van der Waals surface area contributed by atoms with Crippen molar-refractivity contribution in [2.75, 3.05) is 26.8 Å². The van der Waals surface area contributed by atoms with Crippen LogP contribution >= 0.6 is 0 Å². The fourth-order valence-corrected chi connectivity index (χ4v) is 2.10. The van der Waals surface area contributed by atoms with Crippen molar-refractivity contribution in [3.8, 4) is 0 Å². The Balaban J connectivity index is 1.67. The number of carbonyl (C=O) groups is 1. The highest BCUT2D eigenvalue weighted by molar-refractivity contribution is 5.80. The Bertz CT molecular complexity index is 232. The van der Waals surface area contributed by atoms with Gasteiger partial charge in [-0.3, -0.25) is 4.79 Å². The third-order valence-electron chi connectivity index (χ3n) is 3.33. The number of hydrogen-bond donors (Lipinski definition) is 1. The molecule has 1 saturated carbocycles. The normalized spacial score (nSPS) is 27.7. The highest BCUT2D eigenvalue weighted by Crippen LogP contribution is 2.45. The number of methoxy groups -OCH3 is 1. The average Bonchev–Trinajstić information content (AvgIpc) is 2.86. The third kappa shape index (κ3) is 2.49. The first-order chi connectivity index (χ1) is 7.27. The minimum absolute atomic E-state index is 0.0673. The van der Waals surface area contributed by atoms with Crippen LogP contribution in [0.1, 0.15) is 25.7 Å². The number of esters is 1. The lowest BCUT2D eigenvalue weighted by molar-refractivity contribution is -0.146. The first kappa shape index (κ1) is 10.9. The minimum atomic E-state index is -0.215. The molecule has 1 unspecified atom stereocenters.